The highest BCUT2D eigenvalue weighted by molar-refractivity contribution is 7.89. The van der Waals surface area contributed by atoms with E-state index in [0.717, 1.165) is 37.1 Å². The molecule has 0 bridgehead atoms. The summed E-state index contributed by atoms with van der Waals surface area (Å²) in [5.41, 5.74) is 1.53. The van der Waals surface area contributed by atoms with E-state index < -0.39 is 10.0 Å². The molecule has 0 amide bonds. The summed E-state index contributed by atoms with van der Waals surface area (Å²) in [6.07, 6.45) is 2.98. The van der Waals surface area contributed by atoms with Gasteiger partial charge in [-0.3, -0.25) is 5.10 Å². The monoisotopic (exact) mass is 302 g/mol. The van der Waals surface area contributed by atoms with Gasteiger partial charge in [0.25, 0.3) is 10.0 Å². The van der Waals surface area contributed by atoms with Gasteiger partial charge in [0.2, 0.25) is 0 Å². The van der Waals surface area contributed by atoms with Crippen molar-refractivity contribution in [1.82, 2.24) is 19.8 Å². The van der Waals surface area contributed by atoms with E-state index in [9.17, 15) is 8.42 Å². The molecular weight excluding hydrogens is 276 g/mol. The van der Waals surface area contributed by atoms with Crippen LogP contribution in [0.3, 0.4) is 0 Å². The van der Waals surface area contributed by atoms with Gasteiger partial charge in [-0.15, -0.1) is 0 Å². The van der Waals surface area contributed by atoms with Crippen LogP contribution >= 0.6 is 0 Å². The first-order valence-electron chi connectivity index (χ1n) is 7.16. The van der Waals surface area contributed by atoms with Crippen molar-refractivity contribution in [1.29, 1.82) is 0 Å². The van der Waals surface area contributed by atoms with Gasteiger partial charge in [0.15, 0.2) is 5.03 Å². The minimum Gasteiger partial charge on any atom is -0.313 e. The smallest absolute Gasteiger partial charge is 0.262 e. The first-order chi connectivity index (χ1) is 9.45. The highest BCUT2D eigenvalue weighted by atomic mass is 32.2. The second kappa shape index (κ2) is 7.75. The quantitative estimate of drug-likeness (QED) is 0.680. The summed E-state index contributed by atoms with van der Waals surface area (Å²) in [6.45, 7) is 7.76. The SMILES string of the molecule is CCCCCN(C)S(=O)(=O)c1n[nH]c(C)c1CNCC. The fourth-order valence-corrected chi connectivity index (χ4v) is 3.32. The topological polar surface area (TPSA) is 78.1 Å². The number of aryl methyl sites for hydroxylation is 1. The molecule has 2 N–H and O–H groups in total. The number of hydrogen-bond acceptors (Lipinski definition) is 4. The summed E-state index contributed by atoms with van der Waals surface area (Å²) in [4.78, 5) is 0. The van der Waals surface area contributed by atoms with E-state index in [0.29, 0.717) is 13.1 Å². The predicted octanol–water partition coefficient (Wildman–Crippen LogP) is 1.64. The first-order valence-corrected chi connectivity index (χ1v) is 8.60. The van der Waals surface area contributed by atoms with Crippen LogP contribution in [0.25, 0.3) is 0 Å². The molecule has 0 aliphatic carbocycles. The number of aromatic nitrogens is 2. The number of hydrogen-bond donors (Lipinski definition) is 2. The van der Waals surface area contributed by atoms with Crippen LogP contribution in [0.15, 0.2) is 5.03 Å². The molecule has 116 valence electrons. The minimum absolute atomic E-state index is 0.148. The Labute approximate surface area is 122 Å². The average molecular weight is 302 g/mol. The van der Waals surface area contributed by atoms with Crippen molar-refractivity contribution in [2.24, 2.45) is 0 Å². The molecule has 1 aromatic rings. The van der Waals surface area contributed by atoms with Crippen molar-refractivity contribution in [3.63, 3.8) is 0 Å². The molecule has 1 aromatic heterocycles. The van der Waals surface area contributed by atoms with Crippen molar-refractivity contribution in [2.75, 3.05) is 20.1 Å². The molecule has 0 fully saturated rings. The van der Waals surface area contributed by atoms with E-state index in [2.05, 4.69) is 22.4 Å². The van der Waals surface area contributed by atoms with Crippen molar-refractivity contribution in [3.05, 3.63) is 11.3 Å². The van der Waals surface area contributed by atoms with Gasteiger partial charge in [-0.25, -0.2) is 8.42 Å². The van der Waals surface area contributed by atoms with Crippen LogP contribution in [0.4, 0.5) is 0 Å². The Morgan fingerprint density at radius 2 is 2.00 bits per heavy atom. The fourth-order valence-electron chi connectivity index (χ4n) is 1.95. The number of H-pyrrole nitrogens is 1. The summed E-state index contributed by atoms with van der Waals surface area (Å²) >= 11 is 0. The van der Waals surface area contributed by atoms with Gasteiger partial charge < -0.3 is 5.32 Å². The third-order valence-corrected chi connectivity index (χ3v) is 5.15. The zero-order valence-corrected chi connectivity index (χ0v) is 13.7. The lowest BCUT2D eigenvalue weighted by Gasteiger charge is -2.16. The van der Waals surface area contributed by atoms with Gasteiger partial charge in [0.1, 0.15) is 0 Å². The normalized spacial score (nSPS) is 12.2. The lowest BCUT2D eigenvalue weighted by atomic mass is 10.2. The zero-order chi connectivity index (χ0) is 15.2. The van der Waals surface area contributed by atoms with Gasteiger partial charge >= 0.3 is 0 Å². The third kappa shape index (κ3) is 4.04. The molecule has 0 aliphatic rings. The first kappa shape index (κ1) is 17.1. The van der Waals surface area contributed by atoms with Crippen LogP contribution < -0.4 is 5.32 Å². The largest absolute Gasteiger partial charge is 0.313 e. The van der Waals surface area contributed by atoms with Crippen LogP contribution in [-0.4, -0.2) is 43.1 Å². The number of nitrogens with one attached hydrogen (secondary N) is 2. The summed E-state index contributed by atoms with van der Waals surface area (Å²) < 4.78 is 26.5. The van der Waals surface area contributed by atoms with E-state index >= 15 is 0 Å². The summed E-state index contributed by atoms with van der Waals surface area (Å²) in [7, 11) is -1.89. The molecular formula is C13H26N4O2S. The average Bonchev–Trinajstić information content (AvgIpc) is 2.78. The molecule has 7 heteroatoms. The lowest BCUT2D eigenvalue weighted by Crippen LogP contribution is -2.29. The Bertz CT molecular complexity index is 510. The Kier molecular flexibility index (Phi) is 6.64. The molecule has 0 aliphatic heterocycles. The van der Waals surface area contributed by atoms with Crippen molar-refractivity contribution in [3.8, 4) is 0 Å². The van der Waals surface area contributed by atoms with Gasteiger partial charge in [0, 0.05) is 31.4 Å². The second-order valence-electron chi connectivity index (χ2n) is 4.95. The van der Waals surface area contributed by atoms with E-state index in [1.807, 2.05) is 13.8 Å². The van der Waals surface area contributed by atoms with Gasteiger partial charge in [0.05, 0.1) is 0 Å². The van der Waals surface area contributed by atoms with E-state index in [4.69, 9.17) is 0 Å². The maximum atomic E-state index is 12.5. The Morgan fingerprint density at radius 1 is 1.30 bits per heavy atom. The molecule has 0 aromatic carbocycles. The molecule has 20 heavy (non-hydrogen) atoms. The van der Waals surface area contributed by atoms with Gasteiger partial charge in [-0.2, -0.15) is 9.40 Å². The number of aromatic amines is 1. The van der Waals surface area contributed by atoms with Crippen LogP contribution in [-0.2, 0) is 16.6 Å². The number of unbranched alkanes of at least 4 members (excludes halogenated alkanes) is 2. The van der Waals surface area contributed by atoms with Crippen molar-refractivity contribution in [2.45, 2.75) is 51.6 Å². The molecule has 0 saturated carbocycles. The lowest BCUT2D eigenvalue weighted by molar-refractivity contribution is 0.450. The van der Waals surface area contributed by atoms with E-state index in [1.165, 1.54) is 4.31 Å². The Balaban J connectivity index is 2.91. The van der Waals surface area contributed by atoms with Crippen LogP contribution in [0.1, 0.15) is 44.4 Å². The summed E-state index contributed by atoms with van der Waals surface area (Å²) in [5, 5.41) is 10.1. The van der Waals surface area contributed by atoms with E-state index in [-0.39, 0.29) is 5.03 Å². The Hall–Kier alpha value is -0.920. The minimum atomic E-state index is -3.51. The molecule has 0 saturated heterocycles. The standard InChI is InChI=1S/C13H26N4O2S/c1-5-7-8-9-17(4)20(18,19)13-12(10-14-6-2)11(3)15-16-13/h14H,5-10H2,1-4H3,(H,15,16). The fraction of sp³-hybridized carbons (Fsp3) is 0.769. The summed E-state index contributed by atoms with van der Waals surface area (Å²) in [6, 6.07) is 0. The van der Waals surface area contributed by atoms with Crippen molar-refractivity contribution >= 4 is 10.0 Å². The van der Waals surface area contributed by atoms with E-state index in [1.54, 1.807) is 7.05 Å². The van der Waals surface area contributed by atoms with Gasteiger partial charge in [-0.05, 0) is 19.9 Å². The predicted molar refractivity (Wildman–Crippen MR) is 80.0 cm³/mol. The van der Waals surface area contributed by atoms with Gasteiger partial charge in [-0.1, -0.05) is 26.7 Å². The van der Waals surface area contributed by atoms with Crippen molar-refractivity contribution < 1.29 is 8.42 Å². The molecule has 1 heterocycles. The van der Waals surface area contributed by atoms with Crippen LogP contribution in [0.5, 0.6) is 0 Å². The third-order valence-electron chi connectivity index (χ3n) is 3.32. The van der Waals surface area contributed by atoms with Crippen LogP contribution in [0.2, 0.25) is 0 Å². The molecule has 0 atom stereocenters. The molecule has 0 spiro atoms. The molecule has 0 radical (unpaired) electrons. The molecule has 6 nitrogen and oxygen atoms in total. The second-order valence-corrected chi connectivity index (χ2v) is 6.91. The zero-order valence-electron chi connectivity index (χ0n) is 12.9. The number of sulfonamides is 1. The summed E-state index contributed by atoms with van der Waals surface area (Å²) in [5.74, 6) is 0. The Morgan fingerprint density at radius 3 is 2.60 bits per heavy atom. The highest BCUT2D eigenvalue weighted by Crippen LogP contribution is 2.20. The maximum Gasteiger partial charge on any atom is 0.262 e. The maximum absolute atomic E-state index is 12.5. The molecule has 0 unspecified atom stereocenters. The number of rotatable bonds is 9. The van der Waals surface area contributed by atoms with Crippen LogP contribution in [0, 0.1) is 6.92 Å². The highest BCUT2D eigenvalue weighted by Gasteiger charge is 2.27. The molecule has 1 rings (SSSR count). The number of nitrogens with zero attached hydrogens (tertiary/aromatic N) is 2.